The average molecular weight is 272 g/mol. The number of nitrogens with one attached hydrogen (secondary N) is 1. The standard InChI is InChI=1S/C15H20N4O/c1-10-5-11(2)19-14(8-17-15(19)18-10)7-16-13-4-3-12(6-13)9-20/h3-5,8,12-13,16,20H,6-7,9H2,1-2H3/t12-,13+/m0/s1. The van der Waals surface area contributed by atoms with Crippen molar-refractivity contribution in [1.82, 2.24) is 19.7 Å². The summed E-state index contributed by atoms with van der Waals surface area (Å²) in [5.74, 6) is 1.05. The number of rotatable bonds is 4. The van der Waals surface area contributed by atoms with Crippen LogP contribution >= 0.6 is 0 Å². The van der Waals surface area contributed by atoms with E-state index in [1.807, 2.05) is 13.1 Å². The maximum absolute atomic E-state index is 9.14. The minimum absolute atomic E-state index is 0.229. The van der Waals surface area contributed by atoms with E-state index in [0.29, 0.717) is 12.0 Å². The molecule has 0 saturated carbocycles. The van der Waals surface area contributed by atoms with Gasteiger partial charge in [-0.15, -0.1) is 0 Å². The van der Waals surface area contributed by atoms with Gasteiger partial charge in [0.25, 0.3) is 0 Å². The van der Waals surface area contributed by atoms with E-state index in [1.54, 1.807) is 0 Å². The van der Waals surface area contributed by atoms with Gasteiger partial charge in [0.1, 0.15) is 0 Å². The van der Waals surface area contributed by atoms with Crippen LogP contribution in [0.5, 0.6) is 0 Å². The Morgan fingerprint density at radius 3 is 3.00 bits per heavy atom. The van der Waals surface area contributed by atoms with E-state index in [2.05, 4.69) is 44.8 Å². The molecule has 2 N–H and O–H groups in total. The second-order valence-electron chi connectivity index (χ2n) is 5.47. The third-order valence-electron chi connectivity index (χ3n) is 3.82. The first-order valence-corrected chi connectivity index (χ1v) is 7.00. The molecule has 2 aromatic rings. The third-order valence-corrected chi connectivity index (χ3v) is 3.82. The van der Waals surface area contributed by atoms with E-state index < -0.39 is 0 Å². The summed E-state index contributed by atoms with van der Waals surface area (Å²) in [6.45, 7) is 5.04. The minimum atomic E-state index is 0.229. The summed E-state index contributed by atoms with van der Waals surface area (Å²) < 4.78 is 2.09. The Morgan fingerprint density at radius 2 is 2.25 bits per heavy atom. The van der Waals surface area contributed by atoms with Crippen LogP contribution in [0, 0.1) is 19.8 Å². The number of fused-ring (bicyclic) bond motifs is 1. The predicted molar refractivity (Wildman–Crippen MR) is 77.4 cm³/mol. The van der Waals surface area contributed by atoms with Crippen LogP contribution in [-0.4, -0.2) is 32.1 Å². The molecular formula is C15H20N4O. The molecule has 0 amide bonds. The van der Waals surface area contributed by atoms with Crippen LogP contribution in [-0.2, 0) is 6.54 Å². The molecule has 0 fully saturated rings. The molecule has 3 rings (SSSR count). The first-order chi connectivity index (χ1) is 9.67. The van der Waals surface area contributed by atoms with Crippen molar-refractivity contribution >= 4 is 5.78 Å². The quantitative estimate of drug-likeness (QED) is 0.825. The summed E-state index contributed by atoms with van der Waals surface area (Å²) in [6, 6.07) is 2.39. The molecular weight excluding hydrogens is 252 g/mol. The summed E-state index contributed by atoms with van der Waals surface area (Å²) in [4.78, 5) is 8.81. The molecule has 2 heterocycles. The molecule has 0 saturated heterocycles. The van der Waals surface area contributed by atoms with Crippen LogP contribution in [0.3, 0.4) is 0 Å². The Morgan fingerprint density at radius 1 is 1.40 bits per heavy atom. The van der Waals surface area contributed by atoms with Gasteiger partial charge < -0.3 is 10.4 Å². The predicted octanol–water partition coefficient (Wildman–Crippen LogP) is 1.37. The monoisotopic (exact) mass is 272 g/mol. The normalized spacial score (nSPS) is 21.9. The van der Waals surface area contributed by atoms with Gasteiger partial charge in [-0.2, -0.15) is 0 Å². The largest absolute Gasteiger partial charge is 0.396 e. The van der Waals surface area contributed by atoms with Gasteiger partial charge in [0.2, 0.25) is 5.78 Å². The lowest BCUT2D eigenvalue weighted by molar-refractivity contribution is 0.246. The fourth-order valence-electron chi connectivity index (χ4n) is 2.82. The molecule has 0 aliphatic heterocycles. The Kier molecular flexibility index (Phi) is 3.54. The number of aliphatic hydroxyl groups excluding tert-OH is 1. The molecule has 1 aliphatic carbocycles. The zero-order valence-electron chi connectivity index (χ0n) is 11.9. The fraction of sp³-hybridized carbons (Fsp3) is 0.467. The molecule has 0 bridgehead atoms. The molecule has 1 aliphatic rings. The minimum Gasteiger partial charge on any atom is -0.396 e. The summed E-state index contributed by atoms with van der Waals surface area (Å²) >= 11 is 0. The van der Waals surface area contributed by atoms with E-state index >= 15 is 0 Å². The maximum atomic E-state index is 9.14. The number of hydrogen-bond donors (Lipinski definition) is 2. The molecule has 2 aromatic heterocycles. The van der Waals surface area contributed by atoms with Crippen LogP contribution in [0.1, 0.15) is 23.5 Å². The molecule has 0 unspecified atom stereocenters. The van der Waals surface area contributed by atoms with Crippen LogP contribution in [0.15, 0.2) is 24.4 Å². The lowest BCUT2D eigenvalue weighted by Crippen LogP contribution is -2.26. The van der Waals surface area contributed by atoms with Crippen LogP contribution in [0.4, 0.5) is 0 Å². The van der Waals surface area contributed by atoms with Gasteiger partial charge >= 0.3 is 0 Å². The molecule has 0 aromatic carbocycles. The van der Waals surface area contributed by atoms with Crippen molar-refractivity contribution in [1.29, 1.82) is 0 Å². The number of aliphatic hydroxyl groups is 1. The first kappa shape index (κ1) is 13.3. The Bertz CT molecular complexity index is 647. The van der Waals surface area contributed by atoms with Gasteiger partial charge in [0, 0.05) is 36.5 Å². The first-order valence-electron chi connectivity index (χ1n) is 7.00. The Labute approximate surface area is 118 Å². The van der Waals surface area contributed by atoms with Crippen LogP contribution < -0.4 is 5.32 Å². The van der Waals surface area contributed by atoms with Crippen molar-refractivity contribution in [2.75, 3.05) is 6.61 Å². The van der Waals surface area contributed by atoms with Crippen molar-refractivity contribution in [3.05, 3.63) is 41.5 Å². The van der Waals surface area contributed by atoms with E-state index in [1.165, 1.54) is 0 Å². The SMILES string of the molecule is Cc1cc(C)n2c(CN[C@@H]3C=C[C@H](CO)C3)cnc2n1. The third kappa shape index (κ3) is 2.46. The highest BCUT2D eigenvalue weighted by Gasteiger charge is 2.18. The number of nitrogens with zero attached hydrogens (tertiary/aromatic N) is 3. The van der Waals surface area contributed by atoms with Gasteiger partial charge in [0.05, 0.1) is 11.9 Å². The topological polar surface area (TPSA) is 62.5 Å². The fourth-order valence-corrected chi connectivity index (χ4v) is 2.82. The van der Waals surface area contributed by atoms with Crippen molar-refractivity contribution < 1.29 is 5.11 Å². The molecule has 5 heteroatoms. The number of aromatic nitrogens is 3. The van der Waals surface area contributed by atoms with Crippen molar-refractivity contribution in [2.24, 2.45) is 5.92 Å². The van der Waals surface area contributed by atoms with E-state index in [4.69, 9.17) is 5.11 Å². The highest BCUT2D eigenvalue weighted by molar-refractivity contribution is 5.35. The highest BCUT2D eigenvalue weighted by Crippen LogP contribution is 2.18. The zero-order chi connectivity index (χ0) is 14.1. The summed E-state index contributed by atoms with van der Waals surface area (Å²) in [5, 5.41) is 12.6. The van der Waals surface area contributed by atoms with Gasteiger partial charge in [-0.05, 0) is 26.3 Å². The lowest BCUT2D eigenvalue weighted by Gasteiger charge is -2.13. The van der Waals surface area contributed by atoms with E-state index in [9.17, 15) is 0 Å². The van der Waals surface area contributed by atoms with Gasteiger partial charge in [-0.3, -0.25) is 4.40 Å². The van der Waals surface area contributed by atoms with E-state index in [0.717, 1.165) is 35.8 Å². The average Bonchev–Trinajstić information content (AvgIpc) is 3.02. The number of imidazole rings is 1. The van der Waals surface area contributed by atoms with Crippen molar-refractivity contribution in [3.63, 3.8) is 0 Å². The Hall–Kier alpha value is -1.72. The summed E-state index contributed by atoms with van der Waals surface area (Å²) in [6.07, 6.45) is 7.06. The summed E-state index contributed by atoms with van der Waals surface area (Å²) in [5.41, 5.74) is 3.26. The smallest absolute Gasteiger partial charge is 0.234 e. The van der Waals surface area contributed by atoms with Gasteiger partial charge in [-0.25, -0.2) is 9.97 Å². The molecule has 20 heavy (non-hydrogen) atoms. The second kappa shape index (κ2) is 5.34. The molecule has 2 atom stereocenters. The highest BCUT2D eigenvalue weighted by atomic mass is 16.3. The summed E-state index contributed by atoms with van der Waals surface area (Å²) in [7, 11) is 0. The Balaban J connectivity index is 1.74. The number of hydrogen-bond acceptors (Lipinski definition) is 4. The second-order valence-corrected chi connectivity index (χ2v) is 5.47. The lowest BCUT2D eigenvalue weighted by atomic mass is 10.1. The molecule has 5 nitrogen and oxygen atoms in total. The van der Waals surface area contributed by atoms with Gasteiger partial charge in [-0.1, -0.05) is 12.2 Å². The van der Waals surface area contributed by atoms with E-state index in [-0.39, 0.29) is 6.61 Å². The maximum Gasteiger partial charge on any atom is 0.234 e. The van der Waals surface area contributed by atoms with Gasteiger partial charge in [0.15, 0.2) is 0 Å². The number of aryl methyl sites for hydroxylation is 2. The van der Waals surface area contributed by atoms with Crippen LogP contribution in [0.25, 0.3) is 5.78 Å². The van der Waals surface area contributed by atoms with Crippen molar-refractivity contribution in [2.45, 2.75) is 32.9 Å². The molecule has 0 spiro atoms. The zero-order valence-corrected chi connectivity index (χ0v) is 11.9. The molecule has 0 radical (unpaired) electrons. The van der Waals surface area contributed by atoms with Crippen LogP contribution in [0.2, 0.25) is 0 Å². The van der Waals surface area contributed by atoms with Crippen molar-refractivity contribution in [3.8, 4) is 0 Å². The molecule has 106 valence electrons.